The second-order valence-corrected chi connectivity index (χ2v) is 3.95. The maximum absolute atomic E-state index is 12.0. The molecule has 0 fully saturated rings. The summed E-state index contributed by atoms with van der Waals surface area (Å²) < 4.78 is 0. The number of fused-ring (bicyclic) bond motifs is 1. The molecule has 4 nitrogen and oxygen atoms in total. The first-order valence-electron chi connectivity index (χ1n) is 5.62. The van der Waals surface area contributed by atoms with Crippen molar-refractivity contribution in [3.05, 3.63) is 60.6 Å². The highest BCUT2D eigenvalue weighted by molar-refractivity contribution is 6.04. The standard InChI is InChI=1S/C14H11N3O/c18-14(17-11-4-2-1-3-5-11)12-8-10-6-7-15-13(10)9-16-12/h1-9,15H,(H,17,18). The van der Waals surface area contributed by atoms with Crippen LogP contribution < -0.4 is 5.32 Å². The molecule has 1 amide bonds. The van der Waals surface area contributed by atoms with Gasteiger partial charge in [-0.3, -0.25) is 4.79 Å². The molecule has 2 heterocycles. The lowest BCUT2D eigenvalue weighted by molar-refractivity contribution is 0.102. The monoisotopic (exact) mass is 237 g/mol. The van der Waals surface area contributed by atoms with Gasteiger partial charge in [0.2, 0.25) is 0 Å². The zero-order chi connectivity index (χ0) is 12.4. The largest absolute Gasteiger partial charge is 0.360 e. The fourth-order valence-corrected chi connectivity index (χ4v) is 1.79. The molecule has 0 bridgehead atoms. The molecule has 0 aliphatic heterocycles. The van der Waals surface area contributed by atoms with Crippen molar-refractivity contribution < 1.29 is 4.79 Å². The number of amides is 1. The molecule has 2 aromatic heterocycles. The van der Waals surface area contributed by atoms with Gasteiger partial charge in [-0.2, -0.15) is 0 Å². The second-order valence-electron chi connectivity index (χ2n) is 3.95. The van der Waals surface area contributed by atoms with E-state index in [0.29, 0.717) is 5.69 Å². The van der Waals surface area contributed by atoms with Crippen molar-refractivity contribution in [3.8, 4) is 0 Å². The van der Waals surface area contributed by atoms with Crippen LogP contribution >= 0.6 is 0 Å². The highest BCUT2D eigenvalue weighted by atomic mass is 16.1. The van der Waals surface area contributed by atoms with Gasteiger partial charge in [-0.05, 0) is 24.3 Å². The molecule has 0 atom stereocenters. The Kier molecular flexibility index (Phi) is 2.53. The van der Waals surface area contributed by atoms with Gasteiger partial charge in [0.1, 0.15) is 5.69 Å². The zero-order valence-corrected chi connectivity index (χ0v) is 9.55. The number of pyridine rings is 1. The number of aromatic nitrogens is 2. The Hall–Kier alpha value is -2.62. The van der Waals surface area contributed by atoms with Crippen molar-refractivity contribution >= 4 is 22.5 Å². The van der Waals surface area contributed by atoms with Crippen LogP contribution in [-0.4, -0.2) is 15.9 Å². The molecule has 0 aliphatic rings. The lowest BCUT2D eigenvalue weighted by atomic mass is 10.2. The zero-order valence-electron chi connectivity index (χ0n) is 9.55. The maximum Gasteiger partial charge on any atom is 0.274 e. The molecule has 0 saturated carbocycles. The first kappa shape index (κ1) is 10.5. The Labute approximate surface area is 104 Å². The number of hydrogen-bond acceptors (Lipinski definition) is 2. The fraction of sp³-hybridized carbons (Fsp3) is 0. The first-order valence-corrected chi connectivity index (χ1v) is 5.62. The summed E-state index contributed by atoms with van der Waals surface area (Å²) in [5, 5.41) is 3.78. The highest BCUT2D eigenvalue weighted by Gasteiger charge is 2.08. The van der Waals surface area contributed by atoms with E-state index in [4.69, 9.17) is 0 Å². The average Bonchev–Trinajstić information content (AvgIpc) is 2.87. The average molecular weight is 237 g/mol. The highest BCUT2D eigenvalue weighted by Crippen LogP contribution is 2.13. The normalized spacial score (nSPS) is 10.4. The number of carbonyl (C=O) groups is 1. The van der Waals surface area contributed by atoms with Crippen LogP contribution in [0.3, 0.4) is 0 Å². The van der Waals surface area contributed by atoms with Crippen molar-refractivity contribution in [1.82, 2.24) is 9.97 Å². The van der Waals surface area contributed by atoms with Crippen LogP contribution in [0.25, 0.3) is 10.9 Å². The summed E-state index contributed by atoms with van der Waals surface area (Å²) in [7, 11) is 0. The van der Waals surface area contributed by atoms with E-state index < -0.39 is 0 Å². The minimum atomic E-state index is -0.204. The summed E-state index contributed by atoms with van der Waals surface area (Å²) in [6.07, 6.45) is 3.49. The molecular weight excluding hydrogens is 226 g/mol. The van der Waals surface area contributed by atoms with Crippen molar-refractivity contribution in [2.75, 3.05) is 5.32 Å². The first-order chi connectivity index (χ1) is 8.83. The molecule has 3 aromatic rings. The Morgan fingerprint density at radius 3 is 2.83 bits per heavy atom. The quantitative estimate of drug-likeness (QED) is 0.720. The smallest absolute Gasteiger partial charge is 0.274 e. The molecule has 88 valence electrons. The Morgan fingerprint density at radius 1 is 1.17 bits per heavy atom. The predicted octanol–water partition coefficient (Wildman–Crippen LogP) is 2.82. The molecule has 0 radical (unpaired) electrons. The maximum atomic E-state index is 12.0. The van der Waals surface area contributed by atoms with Gasteiger partial charge >= 0.3 is 0 Å². The molecule has 0 saturated heterocycles. The van der Waals surface area contributed by atoms with Crippen molar-refractivity contribution in [3.63, 3.8) is 0 Å². The van der Waals surface area contributed by atoms with Crippen LogP contribution in [0.15, 0.2) is 54.9 Å². The van der Waals surface area contributed by atoms with E-state index in [2.05, 4.69) is 15.3 Å². The van der Waals surface area contributed by atoms with E-state index in [1.54, 1.807) is 12.3 Å². The third-order valence-electron chi connectivity index (χ3n) is 2.70. The summed E-state index contributed by atoms with van der Waals surface area (Å²) >= 11 is 0. The number of anilines is 1. The summed E-state index contributed by atoms with van der Waals surface area (Å²) in [5.74, 6) is -0.204. The van der Waals surface area contributed by atoms with Crippen LogP contribution in [0.4, 0.5) is 5.69 Å². The minimum absolute atomic E-state index is 0.204. The number of para-hydroxylation sites is 1. The predicted molar refractivity (Wildman–Crippen MR) is 70.5 cm³/mol. The van der Waals surface area contributed by atoms with Gasteiger partial charge in [0.25, 0.3) is 5.91 Å². The molecule has 3 rings (SSSR count). The fourth-order valence-electron chi connectivity index (χ4n) is 1.79. The number of H-pyrrole nitrogens is 1. The Morgan fingerprint density at radius 2 is 2.00 bits per heavy atom. The summed E-state index contributed by atoms with van der Waals surface area (Å²) in [4.78, 5) is 19.2. The molecule has 1 aromatic carbocycles. The van der Waals surface area contributed by atoms with Crippen LogP contribution in [0.2, 0.25) is 0 Å². The van der Waals surface area contributed by atoms with E-state index in [1.807, 2.05) is 42.6 Å². The van der Waals surface area contributed by atoms with E-state index in [9.17, 15) is 4.79 Å². The molecule has 2 N–H and O–H groups in total. The number of hydrogen-bond donors (Lipinski definition) is 2. The van der Waals surface area contributed by atoms with E-state index >= 15 is 0 Å². The molecule has 0 spiro atoms. The van der Waals surface area contributed by atoms with E-state index in [0.717, 1.165) is 16.6 Å². The molecule has 4 heteroatoms. The second kappa shape index (κ2) is 4.33. The molecule has 18 heavy (non-hydrogen) atoms. The summed E-state index contributed by atoms with van der Waals surface area (Å²) in [5.41, 5.74) is 2.09. The van der Waals surface area contributed by atoms with Crippen molar-refractivity contribution in [2.24, 2.45) is 0 Å². The summed E-state index contributed by atoms with van der Waals surface area (Å²) in [6, 6.07) is 13.0. The van der Waals surface area contributed by atoms with Gasteiger partial charge in [-0.1, -0.05) is 18.2 Å². The van der Waals surface area contributed by atoms with Crippen LogP contribution in [0.1, 0.15) is 10.5 Å². The topological polar surface area (TPSA) is 57.8 Å². The lowest BCUT2D eigenvalue weighted by Gasteiger charge is -2.04. The third-order valence-corrected chi connectivity index (χ3v) is 2.70. The van der Waals surface area contributed by atoms with E-state index in [-0.39, 0.29) is 5.91 Å². The van der Waals surface area contributed by atoms with Gasteiger partial charge in [0.15, 0.2) is 0 Å². The van der Waals surface area contributed by atoms with Crippen molar-refractivity contribution in [2.45, 2.75) is 0 Å². The number of nitrogens with one attached hydrogen (secondary N) is 2. The number of nitrogens with zero attached hydrogens (tertiary/aromatic N) is 1. The summed E-state index contributed by atoms with van der Waals surface area (Å²) in [6.45, 7) is 0. The Bertz CT molecular complexity index is 688. The SMILES string of the molecule is O=C(Nc1ccccc1)c1cc2cc[nH]c2cn1. The van der Waals surface area contributed by atoms with Gasteiger partial charge in [0.05, 0.1) is 11.7 Å². The Balaban J connectivity index is 1.87. The third kappa shape index (κ3) is 1.96. The van der Waals surface area contributed by atoms with Gasteiger partial charge in [-0.15, -0.1) is 0 Å². The van der Waals surface area contributed by atoms with Gasteiger partial charge in [0, 0.05) is 17.3 Å². The van der Waals surface area contributed by atoms with Gasteiger partial charge in [-0.25, -0.2) is 4.98 Å². The van der Waals surface area contributed by atoms with Crippen LogP contribution in [0.5, 0.6) is 0 Å². The molecule has 0 unspecified atom stereocenters. The number of aromatic amines is 1. The molecule has 0 aliphatic carbocycles. The van der Waals surface area contributed by atoms with Crippen LogP contribution in [0, 0.1) is 0 Å². The minimum Gasteiger partial charge on any atom is -0.360 e. The number of benzene rings is 1. The lowest BCUT2D eigenvalue weighted by Crippen LogP contribution is -2.13. The molecular formula is C14H11N3O. The van der Waals surface area contributed by atoms with Crippen LogP contribution in [-0.2, 0) is 0 Å². The number of carbonyl (C=O) groups excluding carboxylic acids is 1. The van der Waals surface area contributed by atoms with Crippen molar-refractivity contribution in [1.29, 1.82) is 0 Å². The number of rotatable bonds is 2. The van der Waals surface area contributed by atoms with E-state index in [1.165, 1.54) is 0 Å². The van der Waals surface area contributed by atoms with Gasteiger partial charge < -0.3 is 10.3 Å².